The highest BCUT2D eigenvalue weighted by Gasteiger charge is 2.34. The summed E-state index contributed by atoms with van der Waals surface area (Å²) in [6.45, 7) is 5.37. The van der Waals surface area contributed by atoms with Gasteiger partial charge >= 0.3 is 5.97 Å². The molecule has 2 aromatic rings. The van der Waals surface area contributed by atoms with Gasteiger partial charge in [-0.1, -0.05) is 0 Å². The molecular formula is C20H22N2O6. The van der Waals surface area contributed by atoms with Gasteiger partial charge in [0.25, 0.3) is 5.91 Å². The first-order chi connectivity index (χ1) is 13.5. The summed E-state index contributed by atoms with van der Waals surface area (Å²) in [4.78, 5) is 26.0. The predicted octanol–water partition coefficient (Wildman–Crippen LogP) is 1.79. The van der Waals surface area contributed by atoms with Crippen LogP contribution in [0.2, 0.25) is 0 Å². The number of carbonyl (C=O) groups excluding carboxylic acids is 1. The number of hydrogen-bond acceptors (Lipinski definition) is 5. The van der Waals surface area contributed by atoms with Gasteiger partial charge in [0.2, 0.25) is 0 Å². The molecule has 1 aromatic carbocycles. The number of rotatable bonds is 3. The molecule has 4 rings (SSSR count). The standard InChI is InChI=1S/C20H22N2O6/c1-12-9-15(19(23)21-5-6-26-11-16(21)20(24)25)13(2)22(12)14-3-4-17-18(10-14)28-8-7-27-17/h3-4,9-10,16H,5-8,11H2,1-2H3,(H,24,25). The number of aliphatic carboxylic acids is 1. The van der Waals surface area contributed by atoms with Crippen molar-refractivity contribution in [3.63, 3.8) is 0 Å². The van der Waals surface area contributed by atoms with Crippen LogP contribution in [0.25, 0.3) is 5.69 Å². The Balaban J connectivity index is 1.69. The highest BCUT2D eigenvalue weighted by atomic mass is 16.6. The zero-order valence-corrected chi connectivity index (χ0v) is 15.8. The smallest absolute Gasteiger partial charge is 0.328 e. The van der Waals surface area contributed by atoms with Crippen molar-refractivity contribution in [3.05, 3.63) is 41.2 Å². The fraction of sp³-hybridized carbons (Fsp3) is 0.400. The lowest BCUT2D eigenvalue weighted by molar-refractivity contribution is -0.147. The average Bonchev–Trinajstić information content (AvgIpc) is 3.01. The van der Waals surface area contributed by atoms with Crippen LogP contribution >= 0.6 is 0 Å². The number of ether oxygens (including phenoxy) is 3. The molecule has 0 radical (unpaired) electrons. The fourth-order valence-electron chi connectivity index (χ4n) is 3.75. The molecule has 148 valence electrons. The van der Waals surface area contributed by atoms with Crippen molar-refractivity contribution in [1.82, 2.24) is 9.47 Å². The van der Waals surface area contributed by atoms with Crippen molar-refractivity contribution in [3.8, 4) is 17.2 Å². The maximum absolute atomic E-state index is 13.1. The SMILES string of the molecule is Cc1cc(C(=O)N2CCOCC2C(=O)O)c(C)n1-c1ccc2c(c1)OCCO2. The second kappa shape index (κ2) is 7.20. The predicted molar refractivity (Wildman–Crippen MR) is 99.5 cm³/mol. The molecule has 0 spiro atoms. The number of carboxylic acid groups (broad SMARTS) is 1. The molecule has 28 heavy (non-hydrogen) atoms. The van der Waals surface area contributed by atoms with Gasteiger partial charge in [-0.3, -0.25) is 4.79 Å². The highest BCUT2D eigenvalue weighted by Crippen LogP contribution is 2.33. The number of benzene rings is 1. The van der Waals surface area contributed by atoms with Crippen LogP contribution < -0.4 is 9.47 Å². The molecule has 1 atom stereocenters. The Labute approximate surface area is 162 Å². The number of aromatic nitrogens is 1. The summed E-state index contributed by atoms with van der Waals surface area (Å²) in [6.07, 6.45) is 0. The molecule has 8 heteroatoms. The minimum absolute atomic E-state index is 0.00196. The summed E-state index contributed by atoms with van der Waals surface area (Å²) in [6, 6.07) is 6.47. The molecule has 2 aliphatic rings. The highest BCUT2D eigenvalue weighted by molar-refractivity contribution is 5.98. The van der Waals surface area contributed by atoms with Crippen molar-refractivity contribution < 1.29 is 28.9 Å². The number of amides is 1. The molecule has 1 amide bonds. The van der Waals surface area contributed by atoms with Crippen LogP contribution in [0.15, 0.2) is 24.3 Å². The Morgan fingerprint density at radius 2 is 1.82 bits per heavy atom. The molecule has 3 heterocycles. The van der Waals surface area contributed by atoms with Crippen molar-refractivity contribution in [2.45, 2.75) is 19.9 Å². The third-order valence-corrected chi connectivity index (χ3v) is 5.12. The van der Waals surface area contributed by atoms with Crippen molar-refractivity contribution in [1.29, 1.82) is 0 Å². The molecule has 2 aliphatic heterocycles. The lowest BCUT2D eigenvalue weighted by Gasteiger charge is -2.32. The van der Waals surface area contributed by atoms with Gasteiger partial charge in [0.15, 0.2) is 17.5 Å². The third-order valence-electron chi connectivity index (χ3n) is 5.12. The number of fused-ring (bicyclic) bond motifs is 1. The van der Waals surface area contributed by atoms with Crippen LogP contribution in [0.4, 0.5) is 0 Å². The van der Waals surface area contributed by atoms with Crippen molar-refractivity contribution in [2.75, 3.05) is 33.0 Å². The summed E-state index contributed by atoms with van der Waals surface area (Å²) in [7, 11) is 0. The Morgan fingerprint density at radius 3 is 2.57 bits per heavy atom. The summed E-state index contributed by atoms with van der Waals surface area (Å²) in [5.74, 6) is 0.0101. The molecule has 1 unspecified atom stereocenters. The molecule has 1 saturated heterocycles. The van der Waals surface area contributed by atoms with E-state index >= 15 is 0 Å². The van der Waals surface area contributed by atoms with Crippen LogP contribution in [0, 0.1) is 13.8 Å². The topological polar surface area (TPSA) is 90.2 Å². The van der Waals surface area contributed by atoms with E-state index in [1.807, 2.05) is 36.6 Å². The van der Waals surface area contributed by atoms with E-state index in [0.717, 1.165) is 17.1 Å². The number of carboxylic acids is 1. The third kappa shape index (κ3) is 3.09. The second-order valence-corrected chi connectivity index (χ2v) is 6.88. The summed E-state index contributed by atoms with van der Waals surface area (Å²) >= 11 is 0. The van der Waals surface area contributed by atoms with E-state index in [0.29, 0.717) is 36.9 Å². The van der Waals surface area contributed by atoms with E-state index in [1.54, 1.807) is 6.07 Å². The van der Waals surface area contributed by atoms with Gasteiger partial charge in [-0.05, 0) is 32.0 Å². The number of hydrogen-bond donors (Lipinski definition) is 1. The molecule has 0 aliphatic carbocycles. The largest absolute Gasteiger partial charge is 0.486 e. The van der Waals surface area contributed by atoms with Crippen molar-refractivity contribution in [2.24, 2.45) is 0 Å². The van der Waals surface area contributed by atoms with Gasteiger partial charge in [-0.25, -0.2) is 4.79 Å². The summed E-state index contributed by atoms with van der Waals surface area (Å²) < 4.78 is 18.4. The number of morpholine rings is 1. The summed E-state index contributed by atoms with van der Waals surface area (Å²) in [5, 5.41) is 9.42. The Morgan fingerprint density at radius 1 is 1.07 bits per heavy atom. The van der Waals surface area contributed by atoms with Crippen molar-refractivity contribution >= 4 is 11.9 Å². The van der Waals surface area contributed by atoms with Crippen LogP contribution in [0.1, 0.15) is 21.7 Å². The van der Waals surface area contributed by atoms with Crippen LogP contribution in [-0.4, -0.2) is 65.5 Å². The van der Waals surface area contributed by atoms with E-state index in [-0.39, 0.29) is 19.1 Å². The number of nitrogens with zero attached hydrogens (tertiary/aromatic N) is 2. The molecule has 0 bridgehead atoms. The molecule has 1 aromatic heterocycles. The normalized spacial score (nSPS) is 18.8. The zero-order valence-electron chi connectivity index (χ0n) is 15.8. The monoisotopic (exact) mass is 386 g/mol. The maximum Gasteiger partial charge on any atom is 0.328 e. The van der Waals surface area contributed by atoms with Gasteiger partial charge in [-0.2, -0.15) is 0 Å². The minimum atomic E-state index is -1.06. The Bertz CT molecular complexity index is 935. The van der Waals surface area contributed by atoms with E-state index in [2.05, 4.69) is 0 Å². The summed E-state index contributed by atoms with van der Waals surface area (Å²) in [5.41, 5.74) is 2.96. The fourth-order valence-corrected chi connectivity index (χ4v) is 3.75. The molecule has 8 nitrogen and oxygen atoms in total. The van der Waals surface area contributed by atoms with Crippen LogP contribution in [0.5, 0.6) is 11.5 Å². The zero-order chi connectivity index (χ0) is 19.8. The first-order valence-electron chi connectivity index (χ1n) is 9.18. The maximum atomic E-state index is 13.1. The van der Waals surface area contributed by atoms with Gasteiger partial charge in [-0.15, -0.1) is 0 Å². The molecular weight excluding hydrogens is 364 g/mol. The minimum Gasteiger partial charge on any atom is -0.486 e. The average molecular weight is 386 g/mol. The van der Waals surface area contributed by atoms with Gasteiger partial charge in [0, 0.05) is 29.7 Å². The van der Waals surface area contributed by atoms with Gasteiger partial charge in [0.1, 0.15) is 13.2 Å². The second-order valence-electron chi connectivity index (χ2n) is 6.88. The van der Waals surface area contributed by atoms with E-state index in [9.17, 15) is 14.7 Å². The Hall–Kier alpha value is -3.00. The molecule has 1 fully saturated rings. The Kier molecular flexibility index (Phi) is 4.72. The first kappa shape index (κ1) is 18.4. The molecule has 1 N–H and O–H groups in total. The van der Waals surface area contributed by atoms with Gasteiger partial charge < -0.3 is 28.8 Å². The first-order valence-corrected chi connectivity index (χ1v) is 9.18. The lowest BCUT2D eigenvalue weighted by atomic mass is 10.1. The molecule has 0 saturated carbocycles. The quantitative estimate of drug-likeness (QED) is 0.865. The van der Waals surface area contributed by atoms with Crippen LogP contribution in [-0.2, 0) is 9.53 Å². The van der Waals surface area contributed by atoms with Crippen LogP contribution in [0.3, 0.4) is 0 Å². The van der Waals surface area contributed by atoms with E-state index in [1.165, 1.54) is 4.90 Å². The van der Waals surface area contributed by atoms with Gasteiger partial charge in [0.05, 0.1) is 18.8 Å². The number of aryl methyl sites for hydroxylation is 1. The van der Waals surface area contributed by atoms with E-state index in [4.69, 9.17) is 14.2 Å². The lowest BCUT2D eigenvalue weighted by Crippen LogP contribution is -2.52. The van der Waals surface area contributed by atoms with E-state index < -0.39 is 12.0 Å². The number of carbonyl (C=O) groups is 2.